The molecule has 0 radical (unpaired) electrons. The Bertz CT molecular complexity index is 231. The van der Waals surface area contributed by atoms with E-state index in [-0.39, 0.29) is 5.60 Å². The van der Waals surface area contributed by atoms with Crippen LogP contribution in [0.4, 0.5) is 0 Å². The molecule has 1 aliphatic heterocycles. The van der Waals surface area contributed by atoms with E-state index in [0.717, 1.165) is 12.6 Å². The largest absolute Gasteiger partial charge is 0.380 e. The van der Waals surface area contributed by atoms with Crippen LogP contribution in [0.15, 0.2) is 0 Å². The first-order valence-corrected chi connectivity index (χ1v) is 6.42. The van der Waals surface area contributed by atoms with Crippen LogP contribution < -0.4 is 0 Å². The molecule has 3 nitrogen and oxygen atoms in total. The Morgan fingerprint density at radius 1 is 1.12 bits per heavy atom. The highest BCUT2D eigenvalue weighted by atomic mass is 16.5. The first-order chi connectivity index (χ1) is 7.48. The minimum Gasteiger partial charge on any atom is -0.380 e. The van der Waals surface area contributed by atoms with Crippen molar-refractivity contribution >= 4 is 0 Å². The summed E-state index contributed by atoms with van der Waals surface area (Å²) in [5, 5.41) is 0. The van der Waals surface area contributed by atoms with E-state index in [1.54, 1.807) is 0 Å². The summed E-state index contributed by atoms with van der Waals surface area (Å²) < 4.78 is 11.4. The van der Waals surface area contributed by atoms with Crippen LogP contribution >= 0.6 is 0 Å². The third-order valence-electron chi connectivity index (χ3n) is 3.62. The molecule has 2 aliphatic rings. The molecule has 0 spiro atoms. The van der Waals surface area contributed by atoms with E-state index < -0.39 is 0 Å². The van der Waals surface area contributed by atoms with Crippen LogP contribution in [-0.2, 0) is 9.47 Å². The molecule has 3 heteroatoms. The molecule has 0 N–H and O–H groups in total. The smallest absolute Gasteiger partial charge is 0.0710 e. The van der Waals surface area contributed by atoms with E-state index in [2.05, 4.69) is 25.7 Å². The molecule has 0 aromatic heterocycles. The Labute approximate surface area is 99.1 Å². The summed E-state index contributed by atoms with van der Waals surface area (Å²) in [6.45, 7) is 8.72. The quantitative estimate of drug-likeness (QED) is 0.736. The Morgan fingerprint density at radius 3 is 2.31 bits per heavy atom. The molecule has 2 fully saturated rings. The van der Waals surface area contributed by atoms with Crippen molar-refractivity contribution in [3.05, 3.63) is 0 Å². The van der Waals surface area contributed by atoms with Gasteiger partial charge < -0.3 is 9.47 Å². The van der Waals surface area contributed by atoms with Crippen molar-refractivity contribution in [2.45, 2.75) is 63.9 Å². The average Bonchev–Trinajstić information content (AvgIpc) is 2.56. The number of likely N-dealkylation sites (tertiary alicyclic amines) is 1. The van der Waals surface area contributed by atoms with Crippen LogP contribution in [0.25, 0.3) is 0 Å². The Kier molecular flexibility index (Phi) is 3.57. The van der Waals surface area contributed by atoms with Gasteiger partial charge in [-0.25, -0.2) is 0 Å². The molecular weight excluding hydrogens is 202 g/mol. The van der Waals surface area contributed by atoms with Gasteiger partial charge in [0.2, 0.25) is 0 Å². The minimum atomic E-state index is 0.00963. The third-order valence-corrected chi connectivity index (χ3v) is 3.62. The van der Waals surface area contributed by atoms with Crippen LogP contribution in [-0.4, -0.2) is 49.0 Å². The lowest BCUT2D eigenvalue weighted by molar-refractivity contribution is -0.118. The topological polar surface area (TPSA) is 21.7 Å². The first kappa shape index (κ1) is 12.3. The number of rotatable bonds is 3. The average molecular weight is 227 g/mol. The van der Waals surface area contributed by atoms with Crippen LogP contribution in [0.2, 0.25) is 0 Å². The molecule has 0 amide bonds. The van der Waals surface area contributed by atoms with Gasteiger partial charge in [0, 0.05) is 26.2 Å². The van der Waals surface area contributed by atoms with Crippen molar-refractivity contribution in [2.75, 3.05) is 20.2 Å². The van der Waals surface area contributed by atoms with Gasteiger partial charge in [0.15, 0.2) is 0 Å². The Hall–Kier alpha value is -0.120. The van der Waals surface area contributed by atoms with Crippen molar-refractivity contribution < 1.29 is 9.47 Å². The maximum Gasteiger partial charge on any atom is 0.0710 e. The van der Waals surface area contributed by atoms with Gasteiger partial charge in [-0.2, -0.15) is 0 Å². The monoisotopic (exact) mass is 227 g/mol. The van der Waals surface area contributed by atoms with E-state index in [1.807, 2.05) is 7.11 Å². The normalized spacial score (nSPS) is 36.4. The molecule has 0 aromatic carbocycles. The second-order valence-electron chi connectivity index (χ2n) is 6.12. The van der Waals surface area contributed by atoms with Gasteiger partial charge in [-0.3, -0.25) is 4.90 Å². The molecule has 1 aliphatic carbocycles. The summed E-state index contributed by atoms with van der Waals surface area (Å²) >= 11 is 0. The van der Waals surface area contributed by atoms with Gasteiger partial charge in [0.05, 0.1) is 17.8 Å². The number of ether oxygens (including phenoxy) is 2. The summed E-state index contributed by atoms with van der Waals surface area (Å²) in [5.41, 5.74) is 0.00963. The lowest BCUT2D eigenvalue weighted by Crippen LogP contribution is -2.49. The summed E-state index contributed by atoms with van der Waals surface area (Å²) in [5.74, 6) is 0. The maximum absolute atomic E-state index is 5.96. The zero-order valence-electron chi connectivity index (χ0n) is 11.0. The lowest BCUT2D eigenvalue weighted by atomic mass is 9.87. The molecular formula is C13H25NO2. The van der Waals surface area contributed by atoms with E-state index >= 15 is 0 Å². The van der Waals surface area contributed by atoms with Gasteiger partial charge in [-0.05, 0) is 40.0 Å². The van der Waals surface area contributed by atoms with Crippen LogP contribution in [0, 0.1) is 0 Å². The second-order valence-corrected chi connectivity index (χ2v) is 6.12. The number of methoxy groups -OCH3 is 1. The summed E-state index contributed by atoms with van der Waals surface area (Å²) in [6.07, 6.45) is 4.54. The van der Waals surface area contributed by atoms with E-state index in [9.17, 15) is 0 Å². The predicted octanol–water partition coefficient (Wildman–Crippen LogP) is 2.05. The highest BCUT2D eigenvalue weighted by Gasteiger charge is 2.39. The van der Waals surface area contributed by atoms with E-state index in [0.29, 0.717) is 12.2 Å². The fraction of sp³-hybridized carbons (Fsp3) is 1.00. The van der Waals surface area contributed by atoms with Crippen LogP contribution in [0.3, 0.4) is 0 Å². The zero-order chi connectivity index (χ0) is 11.8. The van der Waals surface area contributed by atoms with Crippen LogP contribution in [0.1, 0.15) is 40.0 Å². The highest BCUT2D eigenvalue weighted by molar-refractivity contribution is 4.92. The van der Waals surface area contributed by atoms with Gasteiger partial charge in [-0.1, -0.05) is 0 Å². The van der Waals surface area contributed by atoms with Gasteiger partial charge >= 0.3 is 0 Å². The van der Waals surface area contributed by atoms with Gasteiger partial charge in [0.25, 0.3) is 0 Å². The second kappa shape index (κ2) is 4.63. The van der Waals surface area contributed by atoms with E-state index in [4.69, 9.17) is 9.47 Å². The molecule has 0 unspecified atom stereocenters. The number of nitrogens with zero attached hydrogens (tertiary/aromatic N) is 1. The third kappa shape index (κ3) is 2.96. The molecule has 1 heterocycles. The summed E-state index contributed by atoms with van der Waals surface area (Å²) in [6, 6.07) is 0.743. The molecule has 1 saturated heterocycles. The minimum absolute atomic E-state index is 0.00963. The van der Waals surface area contributed by atoms with Gasteiger partial charge in [0.1, 0.15) is 0 Å². The fourth-order valence-corrected chi connectivity index (χ4v) is 2.71. The highest BCUT2D eigenvalue weighted by Crippen LogP contribution is 2.33. The van der Waals surface area contributed by atoms with E-state index in [1.165, 1.54) is 25.8 Å². The van der Waals surface area contributed by atoms with Crippen molar-refractivity contribution in [3.8, 4) is 0 Å². The SMILES string of the molecule is CO[C@H]1CCN(C2CC(OC(C)(C)C)C2)C1. The molecule has 1 saturated carbocycles. The fourth-order valence-electron chi connectivity index (χ4n) is 2.71. The van der Waals surface area contributed by atoms with Crippen molar-refractivity contribution in [3.63, 3.8) is 0 Å². The standard InChI is InChI=1S/C13H25NO2/c1-13(2,3)16-12-7-10(8-12)14-6-5-11(9-14)15-4/h10-12H,5-9H2,1-4H3/t10?,11-,12?/m0/s1. The molecule has 0 bridgehead atoms. The number of hydrogen-bond donors (Lipinski definition) is 0. The molecule has 0 aromatic rings. The first-order valence-electron chi connectivity index (χ1n) is 6.42. The molecule has 94 valence electrons. The molecule has 1 atom stereocenters. The number of hydrogen-bond acceptors (Lipinski definition) is 3. The molecule has 2 rings (SSSR count). The lowest BCUT2D eigenvalue weighted by Gasteiger charge is -2.43. The Morgan fingerprint density at radius 2 is 1.81 bits per heavy atom. The molecule has 16 heavy (non-hydrogen) atoms. The predicted molar refractivity (Wildman–Crippen MR) is 64.6 cm³/mol. The zero-order valence-corrected chi connectivity index (χ0v) is 11.0. The summed E-state index contributed by atoms with van der Waals surface area (Å²) in [7, 11) is 1.82. The van der Waals surface area contributed by atoms with Crippen LogP contribution in [0.5, 0.6) is 0 Å². The van der Waals surface area contributed by atoms with Crippen molar-refractivity contribution in [2.24, 2.45) is 0 Å². The van der Waals surface area contributed by atoms with Crippen molar-refractivity contribution in [1.82, 2.24) is 4.90 Å². The van der Waals surface area contributed by atoms with Gasteiger partial charge in [-0.15, -0.1) is 0 Å². The summed E-state index contributed by atoms with van der Waals surface area (Å²) in [4.78, 5) is 2.57. The Balaban J connectivity index is 1.69. The van der Waals surface area contributed by atoms with Crippen molar-refractivity contribution in [1.29, 1.82) is 0 Å². The maximum atomic E-state index is 5.96.